The predicted molar refractivity (Wildman–Crippen MR) is 110 cm³/mol. The highest BCUT2D eigenvalue weighted by atomic mass is 16.5. The molecule has 0 aliphatic carbocycles. The summed E-state index contributed by atoms with van der Waals surface area (Å²) >= 11 is 0. The van der Waals surface area contributed by atoms with Gasteiger partial charge in [-0.15, -0.1) is 0 Å². The van der Waals surface area contributed by atoms with E-state index in [0.717, 1.165) is 5.56 Å². The fraction of sp³-hybridized carbons (Fsp3) is 0.261. The van der Waals surface area contributed by atoms with Gasteiger partial charge >= 0.3 is 11.6 Å². The predicted octanol–water partition coefficient (Wildman–Crippen LogP) is 3.54. The second-order valence-corrected chi connectivity index (χ2v) is 6.52. The first-order chi connectivity index (χ1) is 14.5. The molecule has 0 unspecified atom stereocenters. The van der Waals surface area contributed by atoms with Crippen molar-refractivity contribution in [3.8, 4) is 11.5 Å². The lowest BCUT2D eigenvalue weighted by Crippen LogP contribution is -2.15. The Morgan fingerprint density at radius 1 is 1.00 bits per heavy atom. The van der Waals surface area contributed by atoms with Crippen molar-refractivity contribution < 1.29 is 28.2 Å². The van der Waals surface area contributed by atoms with Crippen molar-refractivity contribution in [2.45, 2.75) is 19.8 Å². The van der Waals surface area contributed by atoms with Crippen LogP contribution in [0.2, 0.25) is 0 Å². The maximum absolute atomic E-state index is 12.9. The van der Waals surface area contributed by atoms with E-state index >= 15 is 0 Å². The number of ketones is 1. The molecule has 0 saturated heterocycles. The average Bonchev–Trinajstić information content (AvgIpc) is 2.76. The molecule has 0 amide bonds. The number of carbonyl (C=O) groups excluding carboxylic acids is 2. The van der Waals surface area contributed by atoms with E-state index in [1.54, 1.807) is 43.3 Å². The van der Waals surface area contributed by atoms with Crippen LogP contribution in [-0.4, -0.2) is 32.6 Å². The molecular formula is C23H22O7. The van der Waals surface area contributed by atoms with Gasteiger partial charge in [0, 0.05) is 24.1 Å². The molecule has 7 heteroatoms. The molecule has 0 aliphatic heterocycles. The molecule has 1 aromatic heterocycles. The van der Waals surface area contributed by atoms with Crippen LogP contribution in [0, 0.1) is 0 Å². The van der Waals surface area contributed by atoms with Gasteiger partial charge in [-0.3, -0.25) is 9.59 Å². The van der Waals surface area contributed by atoms with Gasteiger partial charge in [0.25, 0.3) is 0 Å². The van der Waals surface area contributed by atoms with Crippen molar-refractivity contribution in [3.63, 3.8) is 0 Å². The Labute approximate surface area is 173 Å². The second-order valence-electron chi connectivity index (χ2n) is 6.52. The third-order valence-corrected chi connectivity index (χ3v) is 4.63. The number of esters is 1. The van der Waals surface area contributed by atoms with Crippen molar-refractivity contribution in [1.29, 1.82) is 0 Å². The average molecular weight is 410 g/mol. The first-order valence-electron chi connectivity index (χ1n) is 9.46. The minimum atomic E-state index is -0.741. The van der Waals surface area contributed by atoms with E-state index in [2.05, 4.69) is 0 Å². The standard InChI is InChI=1S/C23H22O7/c1-4-29-21(24)10-7-14-5-8-15(9-6-14)22(25)18-13-17-19(28-3)11-16(27-2)12-20(17)30-23(18)26/h5-6,8-9,11-13H,4,7,10H2,1-3H3. The molecule has 1 heterocycles. The Kier molecular flexibility index (Phi) is 6.51. The zero-order valence-electron chi connectivity index (χ0n) is 17.0. The van der Waals surface area contributed by atoms with Gasteiger partial charge in [-0.05, 0) is 25.0 Å². The van der Waals surface area contributed by atoms with Crippen LogP contribution in [0.4, 0.5) is 0 Å². The summed E-state index contributed by atoms with van der Waals surface area (Å²) in [4.78, 5) is 36.8. The number of benzene rings is 2. The van der Waals surface area contributed by atoms with E-state index in [1.807, 2.05) is 0 Å². The molecule has 7 nitrogen and oxygen atoms in total. The fourth-order valence-corrected chi connectivity index (χ4v) is 3.06. The minimum Gasteiger partial charge on any atom is -0.496 e. The maximum atomic E-state index is 12.9. The molecular weight excluding hydrogens is 388 g/mol. The summed E-state index contributed by atoms with van der Waals surface area (Å²) in [5, 5.41) is 0.493. The molecule has 3 rings (SSSR count). The number of hydrogen-bond donors (Lipinski definition) is 0. The first kappa shape index (κ1) is 21.1. The number of hydrogen-bond acceptors (Lipinski definition) is 7. The molecule has 0 fully saturated rings. The zero-order valence-corrected chi connectivity index (χ0v) is 17.0. The van der Waals surface area contributed by atoms with E-state index in [0.29, 0.717) is 35.5 Å². The SMILES string of the molecule is CCOC(=O)CCc1ccc(C(=O)c2cc3c(OC)cc(OC)cc3oc2=O)cc1. The van der Waals surface area contributed by atoms with Gasteiger partial charge in [-0.2, -0.15) is 0 Å². The van der Waals surface area contributed by atoms with Crippen molar-refractivity contribution >= 4 is 22.7 Å². The van der Waals surface area contributed by atoms with Crippen LogP contribution in [0.1, 0.15) is 34.8 Å². The number of fused-ring (bicyclic) bond motifs is 1. The van der Waals surface area contributed by atoms with Gasteiger partial charge in [0.1, 0.15) is 22.6 Å². The molecule has 0 spiro atoms. The second kappa shape index (κ2) is 9.26. The van der Waals surface area contributed by atoms with Crippen molar-refractivity contribution in [2.75, 3.05) is 20.8 Å². The van der Waals surface area contributed by atoms with E-state index in [4.69, 9.17) is 18.6 Å². The van der Waals surface area contributed by atoms with E-state index in [9.17, 15) is 14.4 Å². The van der Waals surface area contributed by atoms with E-state index in [1.165, 1.54) is 20.3 Å². The Morgan fingerprint density at radius 2 is 1.73 bits per heavy atom. The molecule has 0 bridgehead atoms. The Balaban J connectivity index is 1.88. The van der Waals surface area contributed by atoms with Gasteiger partial charge in [0.05, 0.1) is 26.2 Å². The molecule has 2 aromatic carbocycles. The summed E-state index contributed by atoms with van der Waals surface area (Å²) in [5.41, 5.74) is 0.662. The van der Waals surface area contributed by atoms with Crippen molar-refractivity contribution in [2.24, 2.45) is 0 Å². The van der Waals surface area contributed by atoms with E-state index in [-0.39, 0.29) is 23.5 Å². The summed E-state index contributed by atoms with van der Waals surface area (Å²) in [6, 6.07) is 11.4. The van der Waals surface area contributed by atoms with Crippen molar-refractivity contribution in [3.05, 3.63) is 69.6 Å². The van der Waals surface area contributed by atoms with Crippen LogP contribution in [0.25, 0.3) is 11.0 Å². The van der Waals surface area contributed by atoms with Gasteiger partial charge < -0.3 is 18.6 Å². The lowest BCUT2D eigenvalue weighted by molar-refractivity contribution is -0.143. The van der Waals surface area contributed by atoms with Gasteiger partial charge in [-0.25, -0.2) is 4.79 Å². The first-order valence-corrected chi connectivity index (χ1v) is 9.46. The van der Waals surface area contributed by atoms with Gasteiger partial charge in [-0.1, -0.05) is 24.3 Å². The smallest absolute Gasteiger partial charge is 0.347 e. The Morgan fingerprint density at radius 3 is 2.37 bits per heavy atom. The van der Waals surface area contributed by atoms with Crippen molar-refractivity contribution in [1.82, 2.24) is 0 Å². The van der Waals surface area contributed by atoms with Crippen LogP contribution in [0.15, 0.2) is 51.7 Å². The van der Waals surface area contributed by atoms with Crippen LogP contribution in [0.5, 0.6) is 11.5 Å². The van der Waals surface area contributed by atoms with Crippen LogP contribution < -0.4 is 15.1 Å². The maximum Gasteiger partial charge on any atom is 0.347 e. The lowest BCUT2D eigenvalue weighted by Gasteiger charge is -2.09. The number of aryl methyl sites for hydroxylation is 1. The number of carbonyl (C=O) groups is 2. The number of rotatable bonds is 8. The molecule has 0 aliphatic rings. The minimum absolute atomic E-state index is 0.0924. The Hall–Kier alpha value is -3.61. The monoisotopic (exact) mass is 410 g/mol. The van der Waals surface area contributed by atoms with Gasteiger partial charge in [0.15, 0.2) is 5.78 Å². The summed E-state index contributed by atoms with van der Waals surface area (Å²) in [5.74, 6) is 0.175. The summed E-state index contributed by atoms with van der Waals surface area (Å²) in [6.07, 6.45) is 0.767. The number of methoxy groups -OCH3 is 2. The molecule has 0 radical (unpaired) electrons. The van der Waals surface area contributed by atoms with Crippen LogP contribution >= 0.6 is 0 Å². The summed E-state index contributed by atoms with van der Waals surface area (Å²) in [7, 11) is 2.98. The summed E-state index contributed by atoms with van der Waals surface area (Å²) in [6.45, 7) is 2.10. The topological polar surface area (TPSA) is 92.0 Å². The van der Waals surface area contributed by atoms with E-state index < -0.39 is 11.4 Å². The van der Waals surface area contributed by atoms with Crippen LogP contribution in [-0.2, 0) is 16.0 Å². The molecule has 0 saturated carbocycles. The normalized spacial score (nSPS) is 10.6. The molecule has 30 heavy (non-hydrogen) atoms. The Bertz CT molecular complexity index is 1130. The lowest BCUT2D eigenvalue weighted by atomic mass is 10.0. The summed E-state index contributed by atoms with van der Waals surface area (Å²) < 4.78 is 20.8. The largest absolute Gasteiger partial charge is 0.496 e. The third kappa shape index (κ3) is 4.51. The molecule has 0 N–H and O–H groups in total. The van der Waals surface area contributed by atoms with Gasteiger partial charge in [0.2, 0.25) is 0 Å². The van der Waals surface area contributed by atoms with Crippen LogP contribution in [0.3, 0.4) is 0 Å². The highest BCUT2D eigenvalue weighted by molar-refractivity contribution is 6.10. The third-order valence-electron chi connectivity index (χ3n) is 4.63. The highest BCUT2D eigenvalue weighted by Crippen LogP contribution is 2.31. The number of ether oxygens (including phenoxy) is 3. The highest BCUT2D eigenvalue weighted by Gasteiger charge is 2.18. The fourth-order valence-electron chi connectivity index (χ4n) is 3.06. The quantitative estimate of drug-likeness (QED) is 0.319. The zero-order chi connectivity index (χ0) is 21.7. The molecule has 3 aromatic rings. The molecule has 156 valence electrons. The molecule has 0 atom stereocenters.